The van der Waals surface area contributed by atoms with E-state index in [1.165, 1.54) is 5.56 Å². The van der Waals surface area contributed by atoms with Gasteiger partial charge in [-0.05, 0) is 36.6 Å². The Hall–Kier alpha value is -1.35. The van der Waals surface area contributed by atoms with E-state index >= 15 is 0 Å². The first kappa shape index (κ1) is 13.1. The fourth-order valence-corrected chi connectivity index (χ4v) is 2.41. The summed E-state index contributed by atoms with van der Waals surface area (Å²) >= 11 is 0. The molecule has 1 amide bonds. The van der Waals surface area contributed by atoms with E-state index in [0.717, 1.165) is 25.2 Å². The van der Waals surface area contributed by atoms with Gasteiger partial charge in [-0.25, -0.2) is 0 Å². The van der Waals surface area contributed by atoms with Crippen molar-refractivity contribution in [1.82, 2.24) is 5.32 Å². The zero-order valence-corrected chi connectivity index (χ0v) is 11.4. The van der Waals surface area contributed by atoms with Gasteiger partial charge in [0, 0.05) is 12.2 Å². The smallest absolute Gasteiger partial charge is 0.244 e. The zero-order valence-electron chi connectivity index (χ0n) is 11.4. The van der Waals surface area contributed by atoms with Gasteiger partial charge in [-0.2, -0.15) is 0 Å². The van der Waals surface area contributed by atoms with E-state index in [1.54, 1.807) is 0 Å². The number of hydrogen-bond acceptors (Lipinski definition) is 2. The number of carbonyl (C=O) groups is 1. The molecule has 3 heteroatoms. The number of likely N-dealkylation sites (N-methyl/N-ethyl adjacent to an activating group) is 1. The summed E-state index contributed by atoms with van der Waals surface area (Å²) in [6.07, 6.45) is 0.901. The average Bonchev–Trinajstić information content (AvgIpc) is 2.72. The lowest BCUT2D eigenvalue weighted by Gasteiger charge is -2.18. The minimum Gasteiger partial charge on any atom is -0.311 e. The van der Waals surface area contributed by atoms with Crippen LogP contribution in [0.15, 0.2) is 24.3 Å². The first-order chi connectivity index (χ1) is 8.63. The monoisotopic (exact) mass is 246 g/mol. The minimum absolute atomic E-state index is 0.000208. The quantitative estimate of drug-likeness (QED) is 0.885. The molecule has 1 heterocycles. The van der Waals surface area contributed by atoms with Crippen LogP contribution in [0.4, 0.5) is 5.69 Å². The third-order valence-electron chi connectivity index (χ3n) is 3.53. The molecular weight excluding hydrogens is 224 g/mol. The standard InChI is InChI=1S/C15H22N2O/c1-4-16-14-9-10-17(15(14)18)13-7-5-12(6-8-13)11(2)3/h5-8,11,14,16H,4,9-10H2,1-3H3. The fourth-order valence-electron chi connectivity index (χ4n) is 2.41. The zero-order chi connectivity index (χ0) is 13.1. The van der Waals surface area contributed by atoms with Crippen LogP contribution in [-0.2, 0) is 4.79 Å². The molecule has 2 rings (SSSR count). The Kier molecular flexibility index (Phi) is 4.02. The molecule has 1 aromatic rings. The molecule has 1 aromatic carbocycles. The van der Waals surface area contributed by atoms with Crippen molar-refractivity contribution in [3.05, 3.63) is 29.8 Å². The maximum Gasteiger partial charge on any atom is 0.244 e. The lowest BCUT2D eigenvalue weighted by Crippen LogP contribution is -2.38. The Morgan fingerprint density at radius 3 is 2.56 bits per heavy atom. The van der Waals surface area contributed by atoms with Gasteiger partial charge in [0.05, 0.1) is 6.04 Å². The van der Waals surface area contributed by atoms with Crippen molar-refractivity contribution in [2.75, 3.05) is 18.0 Å². The van der Waals surface area contributed by atoms with Crippen molar-refractivity contribution in [3.63, 3.8) is 0 Å². The first-order valence-electron chi connectivity index (χ1n) is 6.78. The van der Waals surface area contributed by atoms with Gasteiger partial charge in [0.2, 0.25) is 5.91 Å². The third-order valence-corrected chi connectivity index (χ3v) is 3.53. The van der Waals surface area contributed by atoms with Crippen molar-refractivity contribution >= 4 is 11.6 Å². The van der Waals surface area contributed by atoms with Gasteiger partial charge in [0.15, 0.2) is 0 Å². The highest BCUT2D eigenvalue weighted by atomic mass is 16.2. The van der Waals surface area contributed by atoms with Crippen LogP contribution in [0.3, 0.4) is 0 Å². The van der Waals surface area contributed by atoms with Crippen molar-refractivity contribution in [1.29, 1.82) is 0 Å². The Balaban J connectivity index is 2.11. The molecule has 1 fully saturated rings. The molecule has 1 unspecified atom stereocenters. The van der Waals surface area contributed by atoms with Gasteiger partial charge < -0.3 is 10.2 Å². The molecule has 98 valence electrons. The van der Waals surface area contributed by atoms with Crippen molar-refractivity contribution < 1.29 is 4.79 Å². The largest absolute Gasteiger partial charge is 0.311 e. The molecule has 0 spiro atoms. The molecule has 0 aromatic heterocycles. The number of nitrogens with one attached hydrogen (secondary N) is 1. The number of nitrogens with zero attached hydrogens (tertiary/aromatic N) is 1. The van der Waals surface area contributed by atoms with Gasteiger partial charge in [-0.15, -0.1) is 0 Å². The summed E-state index contributed by atoms with van der Waals surface area (Å²) in [7, 11) is 0. The van der Waals surface area contributed by atoms with Crippen molar-refractivity contribution in [2.45, 2.75) is 39.2 Å². The summed E-state index contributed by atoms with van der Waals surface area (Å²) in [5, 5.41) is 3.23. The summed E-state index contributed by atoms with van der Waals surface area (Å²) in [5.74, 6) is 0.733. The lowest BCUT2D eigenvalue weighted by atomic mass is 10.0. The van der Waals surface area contributed by atoms with Gasteiger partial charge in [-0.3, -0.25) is 4.79 Å². The predicted molar refractivity (Wildman–Crippen MR) is 75.0 cm³/mol. The minimum atomic E-state index is -0.000208. The molecule has 3 nitrogen and oxygen atoms in total. The second-order valence-electron chi connectivity index (χ2n) is 5.14. The average molecular weight is 246 g/mol. The number of anilines is 1. The molecule has 1 N–H and O–H groups in total. The van der Waals surface area contributed by atoms with E-state index in [2.05, 4.69) is 43.4 Å². The van der Waals surface area contributed by atoms with Crippen LogP contribution in [0, 0.1) is 0 Å². The Bertz CT molecular complexity index is 411. The maximum atomic E-state index is 12.2. The van der Waals surface area contributed by atoms with E-state index < -0.39 is 0 Å². The summed E-state index contributed by atoms with van der Waals surface area (Å²) in [6.45, 7) is 8.05. The highest BCUT2D eigenvalue weighted by Crippen LogP contribution is 2.24. The summed E-state index contributed by atoms with van der Waals surface area (Å²) < 4.78 is 0. The normalized spacial score (nSPS) is 19.9. The molecular formula is C15H22N2O. The molecule has 0 saturated carbocycles. The van der Waals surface area contributed by atoms with Crippen LogP contribution >= 0.6 is 0 Å². The molecule has 0 aliphatic carbocycles. The van der Waals surface area contributed by atoms with Crippen molar-refractivity contribution in [3.8, 4) is 0 Å². The maximum absolute atomic E-state index is 12.2. The Morgan fingerprint density at radius 1 is 1.33 bits per heavy atom. The predicted octanol–water partition coefficient (Wildman–Crippen LogP) is 2.52. The Morgan fingerprint density at radius 2 is 2.00 bits per heavy atom. The number of amides is 1. The second kappa shape index (κ2) is 5.53. The Labute approximate surface area is 109 Å². The topological polar surface area (TPSA) is 32.3 Å². The highest BCUT2D eigenvalue weighted by molar-refractivity contribution is 5.99. The van der Waals surface area contributed by atoms with Gasteiger partial charge in [0.1, 0.15) is 0 Å². The molecule has 1 atom stereocenters. The van der Waals surface area contributed by atoms with E-state index in [1.807, 2.05) is 11.8 Å². The van der Waals surface area contributed by atoms with Crippen LogP contribution in [0.1, 0.15) is 38.7 Å². The highest BCUT2D eigenvalue weighted by Gasteiger charge is 2.31. The molecule has 0 bridgehead atoms. The van der Waals surface area contributed by atoms with E-state index in [0.29, 0.717) is 5.92 Å². The van der Waals surface area contributed by atoms with Crippen molar-refractivity contribution in [2.24, 2.45) is 0 Å². The first-order valence-corrected chi connectivity index (χ1v) is 6.78. The number of benzene rings is 1. The van der Waals surface area contributed by atoms with Crippen LogP contribution in [0.5, 0.6) is 0 Å². The van der Waals surface area contributed by atoms with Crippen LogP contribution in [0.2, 0.25) is 0 Å². The van der Waals surface area contributed by atoms with Crippen LogP contribution < -0.4 is 10.2 Å². The third kappa shape index (κ3) is 2.56. The molecule has 1 aliphatic rings. The number of hydrogen-bond donors (Lipinski definition) is 1. The SMILES string of the molecule is CCNC1CCN(c2ccc(C(C)C)cc2)C1=O. The molecule has 1 saturated heterocycles. The summed E-state index contributed by atoms with van der Waals surface area (Å²) in [6, 6.07) is 8.35. The van der Waals surface area contributed by atoms with Crippen LogP contribution in [-0.4, -0.2) is 25.0 Å². The number of carbonyl (C=O) groups excluding carboxylic acids is 1. The van der Waals surface area contributed by atoms with Crippen LogP contribution in [0.25, 0.3) is 0 Å². The second-order valence-corrected chi connectivity index (χ2v) is 5.14. The summed E-state index contributed by atoms with van der Waals surface area (Å²) in [4.78, 5) is 14.1. The van der Waals surface area contributed by atoms with Gasteiger partial charge in [0.25, 0.3) is 0 Å². The molecule has 0 radical (unpaired) electrons. The van der Waals surface area contributed by atoms with E-state index in [-0.39, 0.29) is 11.9 Å². The lowest BCUT2D eigenvalue weighted by molar-refractivity contribution is -0.118. The van der Waals surface area contributed by atoms with E-state index in [4.69, 9.17) is 0 Å². The summed E-state index contributed by atoms with van der Waals surface area (Å²) in [5.41, 5.74) is 2.33. The fraction of sp³-hybridized carbons (Fsp3) is 0.533. The molecule has 1 aliphatic heterocycles. The van der Waals surface area contributed by atoms with E-state index in [9.17, 15) is 4.79 Å². The molecule has 18 heavy (non-hydrogen) atoms. The van der Waals surface area contributed by atoms with Gasteiger partial charge >= 0.3 is 0 Å². The van der Waals surface area contributed by atoms with Gasteiger partial charge in [-0.1, -0.05) is 32.9 Å². The number of rotatable bonds is 4.